The summed E-state index contributed by atoms with van der Waals surface area (Å²) < 4.78 is 5.47. The number of carbonyl (C=O) groups excluding carboxylic acids is 5. The average Bonchev–Trinajstić information content (AvgIpc) is 3.82. The summed E-state index contributed by atoms with van der Waals surface area (Å²) in [6.07, 6.45) is 2.55. The van der Waals surface area contributed by atoms with Crippen LogP contribution in [-0.2, 0) is 19.1 Å². The number of aromatic nitrogens is 2. The molecule has 0 aliphatic carbocycles. The number of unbranched alkanes of at least 4 members (excludes halogenated alkanes) is 2. The van der Waals surface area contributed by atoms with E-state index in [0.29, 0.717) is 57.5 Å². The number of carbonyl (C=O) groups is 5. The Hall–Kier alpha value is -5.09. The van der Waals surface area contributed by atoms with Gasteiger partial charge in [-0.15, -0.1) is 11.3 Å². The Morgan fingerprint density at radius 3 is 2.22 bits per heavy atom. The van der Waals surface area contributed by atoms with Crippen molar-refractivity contribution in [2.75, 3.05) is 44.2 Å². The van der Waals surface area contributed by atoms with Crippen LogP contribution in [-0.4, -0.2) is 118 Å². The van der Waals surface area contributed by atoms with E-state index in [1.165, 1.54) is 4.90 Å². The molecule has 4 N–H and O–H groups in total. The fourth-order valence-electron chi connectivity index (χ4n) is 7.29. The molecule has 2 aromatic heterocycles. The molecule has 1 aromatic carbocycles. The van der Waals surface area contributed by atoms with Gasteiger partial charge >= 0.3 is 6.09 Å². The topological polar surface area (TPSA) is 186 Å². The van der Waals surface area contributed by atoms with E-state index in [9.17, 15) is 29.1 Å². The summed E-state index contributed by atoms with van der Waals surface area (Å²) in [5, 5.41) is 19.5. The Bertz CT molecular complexity index is 1950. The number of hydrogen-bond donors (Lipinski definition) is 4. The normalized spacial score (nSPS) is 18.1. The van der Waals surface area contributed by atoms with Crippen LogP contribution < -0.4 is 20.9 Å². The van der Waals surface area contributed by atoms with Gasteiger partial charge in [0.15, 0.2) is 0 Å². The maximum atomic E-state index is 14.0. The number of β-amino-alcohol motifs (C(OH)–C–C–N with tert-alkyl or cyclic N) is 1. The number of benzene rings is 1. The maximum absolute atomic E-state index is 14.0. The smallest absolute Gasteiger partial charge is 0.410 e. The molecule has 0 unspecified atom stereocenters. The van der Waals surface area contributed by atoms with Gasteiger partial charge in [0.25, 0.3) is 5.91 Å². The lowest BCUT2D eigenvalue weighted by atomic mass is 9.85. The molecule has 0 bridgehead atoms. The fraction of sp³-hybridized carbons (Fsp3) is 0.568. The van der Waals surface area contributed by atoms with Crippen molar-refractivity contribution in [1.82, 2.24) is 35.7 Å². The lowest BCUT2D eigenvalue weighted by molar-refractivity contribution is -0.144. The van der Waals surface area contributed by atoms with Gasteiger partial charge in [0.1, 0.15) is 23.5 Å². The second kappa shape index (κ2) is 20.0. The Morgan fingerprint density at radius 2 is 1.62 bits per heavy atom. The molecule has 4 heterocycles. The zero-order valence-corrected chi connectivity index (χ0v) is 37.1. The molecule has 2 fully saturated rings. The highest BCUT2D eigenvalue weighted by Crippen LogP contribution is 2.30. The molecule has 5 amide bonds. The minimum absolute atomic E-state index is 0.00272. The molecule has 326 valence electrons. The van der Waals surface area contributed by atoms with E-state index < -0.39 is 35.1 Å². The lowest BCUT2D eigenvalue weighted by Crippen LogP contribution is -2.57. The van der Waals surface area contributed by atoms with Gasteiger partial charge in [0, 0.05) is 58.3 Å². The molecule has 0 saturated carbocycles. The number of thiazole rings is 1. The van der Waals surface area contributed by atoms with Crippen LogP contribution in [0.1, 0.15) is 108 Å². The zero-order chi connectivity index (χ0) is 43.8. The predicted octanol–water partition coefficient (Wildman–Crippen LogP) is 5.23. The van der Waals surface area contributed by atoms with Crippen LogP contribution >= 0.6 is 11.3 Å². The van der Waals surface area contributed by atoms with E-state index in [1.807, 2.05) is 85.2 Å². The molecule has 16 heteroatoms. The molecular formula is C44H62N8O7S. The van der Waals surface area contributed by atoms with Crippen molar-refractivity contribution in [2.24, 2.45) is 5.41 Å². The highest BCUT2D eigenvalue weighted by Gasteiger charge is 2.44. The molecule has 2 aliphatic heterocycles. The van der Waals surface area contributed by atoms with Crippen molar-refractivity contribution in [3.63, 3.8) is 0 Å². The molecule has 60 heavy (non-hydrogen) atoms. The number of rotatable bonds is 14. The highest BCUT2D eigenvalue weighted by molar-refractivity contribution is 7.13. The van der Waals surface area contributed by atoms with Gasteiger partial charge in [-0.05, 0) is 76.1 Å². The third kappa shape index (κ3) is 12.5. The molecule has 3 aromatic rings. The van der Waals surface area contributed by atoms with Gasteiger partial charge in [-0.1, -0.05) is 51.5 Å². The molecule has 15 nitrogen and oxygen atoms in total. The molecular weight excluding hydrogens is 785 g/mol. The predicted molar refractivity (Wildman–Crippen MR) is 231 cm³/mol. The van der Waals surface area contributed by atoms with Crippen molar-refractivity contribution in [3.05, 3.63) is 64.9 Å². The summed E-state index contributed by atoms with van der Waals surface area (Å²) in [4.78, 5) is 81.0. The van der Waals surface area contributed by atoms with Crippen molar-refractivity contribution in [1.29, 1.82) is 0 Å². The van der Waals surface area contributed by atoms with E-state index in [1.54, 1.807) is 34.6 Å². The first-order valence-electron chi connectivity index (χ1n) is 20.9. The SMILES string of the molecule is Cc1ncsc1-c1ccc([C@H](C)NC(=O)[C@@H]2C[C@@H](O)CN2C(=O)[C@@H](NC(=O)CCCCCNC(=O)c2ccc(N3CCN(C(=O)OC(C)(C)C)CC3)nc2)C(C)(C)C)cc1. The van der Waals surface area contributed by atoms with Gasteiger partial charge in [-0.25, -0.2) is 14.8 Å². The highest BCUT2D eigenvalue weighted by atomic mass is 32.1. The summed E-state index contributed by atoms with van der Waals surface area (Å²) in [5.41, 5.74) is 3.96. The molecule has 0 radical (unpaired) electrons. The monoisotopic (exact) mass is 846 g/mol. The van der Waals surface area contributed by atoms with E-state index in [2.05, 4.69) is 30.8 Å². The number of aliphatic hydroxyl groups is 1. The van der Waals surface area contributed by atoms with E-state index in [4.69, 9.17) is 4.74 Å². The van der Waals surface area contributed by atoms with E-state index in [-0.39, 0.29) is 49.2 Å². The van der Waals surface area contributed by atoms with Crippen LogP contribution in [0, 0.1) is 12.3 Å². The third-order valence-corrected chi connectivity index (χ3v) is 11.7. The number of hydrogen-bond acceptors (Lipinski definition) is 11. The number of anilines is 1. The minimum Gasteiger partial charge on any atom is -0.444 e. The summed E-state index contributed by atoms with van der Waals surface area (Å²) in [6.45, 7) is 17.6. The lowest BCUT2D eigenvalue weighted by Gasteiger charge is -2.36. The number of piperazine rings is 1. The number of pyridine rings is 1. The number of amides is 5. The number of likely N-dealkylation sites (tertiary alicyclic amines) is 1. The molecule has 2 aliphatic rings. The Balaban J connectivity index is 1.03. The summed E-state index contributed by atoms with van der Waals surface area (Å²) in [7, 11) is 0. The van der Waals surface area contributed by atoms with Gasteiger partial charge in [0.2, 0.25) is 17.7 Å². The largest absolute Gasteiger partial charge is 0.444 e. The van der Waals surface area contributed by atoms with E-state index in [0.717, 1.165) is 27.5 Å². The van der Waals surface area contributed by atoms with Crippen LogP contribution in [0.3, 0.4) is 0 Å². The Morgan fingerprint density at radius 1 is 0.917 bits per heavy atom. The molecule has 2 saturated heterocycles. The van der Waals surface area contributed by atoms with E-state index >= 15 is 0 Å². The Kier molecular flexibility index (Phi) is 15.3. The number of nitrogens with zero attached hydrogens (tertiary/aromatic N) is 5. The second-order valence-corrected chi connectivity index (χ2v) is 18.7. The van der Waals surface area contributed by atoms with Crippen LogP contribution in [0.15, 0.2) is 48.1 Å². The molecule has 0 spiro atoms. The van der Waals surface area contributed by atoms with Crippen LogP contribution in [0.5, 0.6) is 0 Å². The van der Waals surface area contributed by atoms with Gasteiger partial charge in [-0.3, -0.25) is 19.2 Å². The quantitative estimate of drug-likeness (QED) is 0.157. The summed E-state index contributed by atoms with van der Waals surface area (Å²) >= 11 is 1.57. The summed E-state index contributed by atoms with van der Waals surface area (Å²) in [5.74, 6) is -0.552. The van der Waals surface area contributed by atoms with Crippen molar-refractivity contribution in [2.45, 2.75) is 117 Å². The van der Waals surface area contributed by atoms with Crippen molar-refractivity contribution < 1.29 is 33.8 Å². The number of nitrogens with one attached hydrogen (secondary N) is 3. The van der Waals surface area contributed by atoms with Crippen LogP contribution in [0.2, 0.25) is 0 Å². The minimum atomic E-state index is -0.910. The zero-order valence-electron chi connectivity index (χ0n) is 36.2. The maximum Gasteiger partial charge on any atom is 0.410 e. The van der Waals surface area contributed by atoms with Gasteiger partial charge in [-0.2, -0.15) is 0 Å². The summed E-state index contributed by atoms with van der Waals surface area (Å²) in [6, 6.07) is 9.34. The van der Waals surface area contributed by atoms with Gasteiger partial charge < -0.3 is 40.5 Å². The first kappa shape index (κ1) is 46.0. The second-order valence-electron chi connectivity index (χ2n) is 17.8. The van der Waals surface area contributed by atoms with Crippen molar-refractivity contribution in [3.8, 4) is 10.4 Å². The van der Waals surface area contributed by atoms with Crippen LogP contribution in [0.4, 0.5) is 10.6 Å². The number of ether oxygens (including phenoxy) is 1. The first-order valence-corrected chi connectivity index (χ1v) is 21.7. The average molecular weight is 847 g/mol. The van der Waals surface area contributed by atoms with Crippen molar-refractivity contribution >= 4 is 46.9 Å². The first-order chi connectivity index (χ1) is 28.3. The fourth-order valence-corrected chi connectivity index (χ4v) is 8.10. The van der Waals surface area contributed by atoms with Crippen LogP contribution in [0.25, 0.3) is 10.4 Å². The standard InChI is InChI=1S/C44H62N8O7S/c1-28(30-13-15-31(16-14-30)37-29(2)47-27-60-37)48-40(56)34-24-33(53)26-52(34)41(57)38(43(3,4)5)49-36(54)12-10-9-11-19-45-39(55)32-17-18-35(46-25-32)50-20-22-51(23-21-50)42(58)59-44(6,7)8/h13-18,25,27-28,33-34,38,53H,9-12,19-24,26H2,1-8H3,(H,45,55)(H,48,56)(H,49,54)/t28-,33+,34-,38+/m0/s1. The molecule has 5 rings (SSSR count). The number of aryl methyl sites for hydroxylation is 1. The third-order valence-electron chi connectivity index (χ3n) is 10.7. The number of aliphatic hydroxyl groups excluding tert-OH is 1. The van der Waals surface area contributed by atoms with Gasteiger partial charge in [0.05, 0.1) is 33.8 Å². The molecule has 4 atom stereocenters. The Labute approximate surface area is 357 Å².